The molecule has 1 amide bonds. The quantitative estimate of drug-likeness (QED) is 0.529. The minimum absolute atomic E-state index is 0.00465. The van der Waals surface area contributed by atoms with Crippen molar-refractivity contribution in [2.75, 3.05) is 31.1 Å². The lowest BCUT2D eigenvalue weighted by molar-refractivity contribution is 0.0747. The van der Waals surface area contributed by atoms with E-state index in [9.17, 15) is 14.4 Å². The van der Waals surface area contributed by atoms with E-state index in [1.807, 2.05) is 23.1 Å². The summed E-state index contributed by atoms with van der Waals surface area (Å²) in [5, 5.41) is 0.471. The highest BCUT2D eigenvalue weighted by Gasteiger charge is 2.22. The van der Waals surface area contributed by atoms with Crippen molar-refractivity contribution < 1.29 is 4.79 Å². The SMILES string of the molecule is O=C(c1ccc(Cn2c(=O)[nH]c3ccccc3c2=O)cc1)N1CCN(c2ccccc2)CC1. The number of nitrogens with one attached hydrogen (secondary N) is 1. The highest BCUT2D eigenvalue weighted by Crippen LogP contribution is 2.17. The Morgan fingerprint density at radius 1 is 0.788 bits per heavy atom. The van der Waals surface area contributed by atoms with Gasteiger partial charge in [-0.25, -0.2) is 4.79 Å². The van der Waals surface area contributed by atoms with Crippen LogP contribution in [-0.2, 0) is 6.54 Å². The van der Waals surface area contributed by atoms with Crippen LogP contribution in [0.5, 0.6) is 0 Å². The van der Waals surface area contributed by atoms with Gasteiger partial charge in [-0.15, -0.1) is 0 Å². The van der Waals surface area contributed by atoms with E-state index in [0.717, 1.165) is 18.7 Å². The molecule has 0 aliphatic carbocycles. The summed E-state index contributed by atoms with van der Waals surface area (Å²) in [6, 6.07) is 24.3. The Morgan fingerprint density at radius 2 is 1.45 bits per heavy atom. The lowest BCUT2D eigenvalue weighted by atomic mass is 10.1. The number of para-hydroxylation sites is 2. The topological polar surface area (TPSA) is 78.4 Å². The van der Waals surface area contributed by atoms with Gasteiger partial charge in [0.1, 0.15) is 0 Å². The van der Waals surface area contributed by atoms with Crippen LogP contribution >= 0.6 is 0 Å². The molecule has 1 saturated heterocycles. The molecule has 2 heterocycles. The average molecular weight is 441 g/mol. The first-order valence-corrected chi connectivity index (χ1v) is 11.0. The predicted molar refractivity (Wildman–Crippen MR) is 129 cm³/mol. The molecule has 7 heteroatoms. The predicted octanol–water partition coefficient (Wildman–Crippen LogP) is 2.70. The van der Waals surface area contributed by atoms with Gasteiger partial charge >= 0.3 is 5.69 Å². The number of carbonyl (C=O) groups is 1. The normalized spacial score (nSPS) is 13.9. The molecule has 33 heavy (non-hydrogen) atoms. The third-order valence-corrected chi connectivity index (χ3v) is 6.12. The Morgan fingerprint density at radius 3 is 2.18 bits per heavy atom. The van der Waals surface area contributed by atoms with E-state index in [-0.39, 0.29) is 18.0 Å². The molecule has 0 saturated carbocycles. The first kappa shape index (κ1) is 20.8. The van der Waals surface area contributed by atoms with Gasteiger partial charge in [0.2, 0.25) is 0 Å². The van der Waals surface area contributed by atoms with Crippen LogP contribution in [0.1, 0.15) is 15.9 Å². The van der Waals surface area contributed by atoms with Gasteiger partial charge in [-0.1, -0.05) is 42.5 Å². The Bertz CT molecular complexity index is 1400. The van der Waals surface area contributed by atoms with E-state index in [4.69, 9.17) is 0 Å². The minimum atomic E-state index is -0.449. The summed E-state index contributed by atoms with van der Waals surface area (Å²) in [7, 11) is 0. The van der Waals surface area contributed by atoms with Crippen LogP contribution in [0.25, 0.3) is 10.9 Å². The maximum atomic E-state index is 13.0. The molecular formula is C26H24N4O3. The Kier molecular flexibility index (Phi) is 5.52. The molecule has 1 aliphatic rings. The van der Waals surface area contributed by atoms with Crippen molar-refractivity contribution in [2.24, 2.45) is 0 Å². The smallest absolute Gasteiger partial charge is 0.329 e. The molecule has 5 rings (SSSR count). The summed E-state index contributed by atoms with van der Waals surface area (Å²) in [6.45, 7) is 3.06. The maximum absolute atomic E-state index is 13.0. The van der Waals surface area contributed by atoms with Crippen LogP contribution in [0, 0.1) is 0 Å². The Labute approximate surface area is 190 Å². The van der Waals surface area contributed by atoms with Crippen LogP contribution in [0.15, 0.2) is 88.5 Å². The van der Waals surface area contributed by atoms with Crippen molar-refractivity contribution in [3.8, 4) is 0 Å². The number of aromatic nitrogens is 2. The van der Waals surface area contributed by atoms with Gasteiger partial charge in [-0.2, -0.15) is 0 Å². The number of amides is 1. The van der Waals surface area contributed by atoms with Crippen molar-refractivity contribution in [2.45, 2.75) is 6.54 Å². The molecule has 0 radical (unpaired) electrons. The number of piperazine rings is 1. The minimum Gasteiger partial charge on any atom is -0.368 e. The van der Waals surface area contributed by atoms with Crippen molar-refractivity contribution in [1.82, 2.24) is 14.5 Å². The Hall–Kier alpha value is -4.13. The molecule has 1 aromatic heterocycles. The number of anilines is 1. The van der Waals surface area contributed by atoms with E-state index in [1.165, 1.54) is 10.3 Å². The summed E-state index contributed by atoms with van der Waals surface area (Å²) in [4.78, 5) is 45.0. The lowest BCUT2D eigenvalue weighted by Gasteiger charge is -2.36. The molecule has 1 N–H and O–H groups in total. The summed E-state index contributed by atoms with van der Waals surface area (Å²) in [5.41, 5.74) is 2.31. The number of nitrogens with zero attached hydrogens (tertiary/aromatic N) is 3. The fourth-order valence-electron chi connectivity index (χ4n) is 4.27. The highest BCUT2D eigenvalue weighted by atomic mass is 16.2. The number of aromatic amines is 1. The van der Waals surface area contributed by atoms with Gasteiger partial charge in [-0.05, 0) is 42.0 Å². The fourth-order valence-corrected chi connectivity index (χ4v) is 4.27. The van der Waals surface area contributed by atoms with Crippen LogP contribution in [-0.4, -0.2) is 46.5 Å². The molecule has 1 aliphatic heterocycles. The van der Waals surface area contributed by atoms with E-state index < -0.39 is 5.69 Å². The molecule has 7 nitrogen and oxygen atoms in total. The number of hydrogen-bond donors (Lipinski definition) is 1. The molecule has 3 aromatic carbocycles. The molecule has 4 aromatic rings. The monoisotopic (exact) mass is 440 g/mol. The Balaban J connectivity index is 1.28. The number of H-pyrrole nitrogens is 1. The molecule has 166 valence electrons. The first-order chi connectivity index (χ1) is 16.1. The second kappa shape index (κ2) is 8.78. The summed E-state index contributed by atoms with van der Waals surface area (Å²) < 4.78 is 1.18. The lowest BCUT2D eigenvalue weighted by Crippen LogP contribution is -2.48. The van der Waals surface area contributed by atoms with E-state index >= 15 is 0 Å². The number of benzene rings is 3. The summed E-state index contributed by atoms with van der Waals surface area (Å²) in [5.74, 6) is -0.00465. The molecule has 0 bridgehead atoms. The van der Waals surface area contributed by atoms with E-state index in [1.54, 1.807) is 48.5 Å². The number of rotatable bonds is 4. The zero-order valence-corrected chi connectivity index (χ0v) is 18.1. The van der Waals surface area contributed by atoms with Crippen molar-refractivity contribution in [3.05, 3.63) is 111 Å². The van der Waals surface area contributed by atoms with Crippen LogP contribution in [0.2, 0.25) is 0 Å². The maximum Gasteiger partial charge on any atom is 0.329 e. The molecule has 1 fully saturated rings. The second-order valence-electron chi connectivity index (χ2n) is 8.18. The molecular weight excluding hydrogens is 416 g/mol. The van der Waals surface area contributed by atoms with Gasteiger partial charge in [0.15, 0.2) is 0 Å². The third-order valence-electron chi connectivity index (χ3n) is 6.12. The number of hydrogen-bond acceptors (Lipinski definition) is 4. The fraction of sp³-hybridized carbons (Fsp3) is 0.192. The summed E-state index contributed by atoms with van der Waals surface area (Å²) in [6.07, 6.45) is 0. The first-order valence-electron chi connectivity index (χ1n) is 11.0. The summed E-state index contributed by atoms with van der Waals surface area (Å²) >= 11 is 0. The van der Waals surface area contributed by atoms with Gasteiger partial charge in [0, 0.05) is 37.4 Å². The molecule has 0 spiro atoms. The van der Waals surface area contributed by atoms with Crippen molar-refractivity contribution in [3.63, 3.8) is 0 Å². The zero-order chi connectivity index (χ0) is 22.8. The van der Waals surface area contributed by atoms with Crippen molar-refractivity contribution in [1.29, 1.82) is 0 Å². The highest BCUT2D eigenvalue weighted by molar-refractivity contribution is 5.94. The largest absolute Gasteiger partial charge is 0.368 e. The van der Waals surface area contributed by atoms with E-state index in [2.05, 4.69) is 22.0 Å². The number of carbonyl (C=O) groups excluding carboxylic acids is 1. The van der Waals surface area contributed by atoms with Gasteiger partial charge in [0.25, 0.3) is 11.5 Å². The van der Waals surface area contributed by atoms with Gasteiger partial charge in [0.05, 0.1) is 17.4 Å². The average Bonchev–Trinajstić information content (AvgIpc) is 2.87. The van der Waals surface area contributed by atoms with Crippen LogP contribution < -0.4 is 16.1 Å². The molecule has 0 unspecified atom stereocenters. The number of fused-ring (bicyclic) bond motifs is 1. The second-order valence-corrected chi connectivity index (χ2v) is 8.18. The molecule has 0 atom stereocenters. The third kappa shape index (κ3) is 4.17. The van der Waals surface area contributed by atoms with Crippen molar-refractivity contribution >= 4 is 22.5 Å². The van der Waals surface area contributed by atoms with E-state index in [0.29, 0.717) is 29.6 Å². The zero-order valence-electron chi connectivity index (χ0n) is 18.1. The van der Waals surface area contributed by atoms with Gasteiger partial charge in [-0.3, -0.25) is 14.2 Å². The van der Waals surface area contributed by atoms with Crippen LogP contribution in [0.4, 0.5) is 5.69 Å². The van der Waals surface area contributed by atoms with Gasteiger partial charge < -0.3 is 14.8 Å². The van der Waals surface area contributed by atoms with Crippen LogP contribution in [0.3, 0.4) is 0 Å². The standard InChI is InChI=1S/C26H24N4O3/c31-24(29-16-14-28(15-17-29)21-6-2-1-3-7-21)20-12-10-19(11-13-20)18-30-25(32)22-8-4-5-9-23(22)27-26(30)33/h1-13H,14-18H2,(H,27,33).